The first kappa shape index (κ1) is 13.0. The molecule has 0 saturated carbocycles. The van der Waals surface area contributed by atoms with Gasteiger partial charge in [-0.05, 0) is 36.4 Å². The van der Waals surface area contributed by atoms with Crippen LogP contribution in [-0.4, -0.2) is 11.1 Å². The Bertz CT molecular complexity index is 614. The molecule has 5 heteroatoms. The van der Waals surface area contributed by atoms with Gasteiger partial charge in [0, 0.05) is 17.8 Å². The van der Waals surface area contributed by atoms with E-state index in [2.05, 4.69) is 5.32 Å². The molecule has 2 aromatic carbocycles. The van der Waals surface area contributed by atoms with E-state index < -0.39 is 17.6 Å². The minimum absolute atomic E-state index is 0.0761. The van der Waals surface area contributed by atoms with Crippen LogP contribution in [0.25, 0.3) is 0 Å². The SMILES string of the molecule is O=C(O)c1cccc(NCc2cc(F)ccc2F)c1. The van der Waals surface area contributed by atoms with Gasteiger partial charge in [0.2, 0.25) is 0 Å². The first-order valence-electron chi connectivity index (χ1n) is 5.57. The number of carboxylic acids is 1. The second kappa shape index (κ2) is 5.48. The van der Waals surface area contributed by atoms with Gasteiger partial charge in [0.25, 0.3) is 0 Å². The molecule has 0 aliphatic heterocycles. The zero-order valence-electron chi connectivity index (χ0n) is 9.86. The van der Waals surface area contributed by atoms with Gasteiger partial charge in [-0.15, -0.1) is 0 Å². The number of halogens is 2. The number of hydrogen-bond acceptors (Lipinski definition) is 2. The van der Waals surface area contributed by atoms with E-state index in [1.165, 1.54) is 12.1 Å². The van der Waals surface area contributed by atoms with Crippen molar-refractivity contribution in [2.45, 2.75) is 6.54 Å². The summed E-state index contributed by atoms with van der Waals surface area (Å²) in [6.07, 6.45) is 0. The van der Waals surface area contributed by atoms with Crippen molar-refractivity contribution in [2.75, 3.05) is 5.32 Å². The summed E-state index contributed by atoms with van der Waals surface area (Å²) >= 11 is 0. The van der Waals surface area contributed by atoms with Crippen molar-refractivity contribution in [1.29, 1.82) is 0 Å². The number of aromatic carboxylic acids is 1. The summed E-state index contributed by atoms with van der Waals surface area (Å²) in [7, 11) is 0. The number of benzene rings is 2. The Morgan fingerprint density at radius 2 is 1.95 bits per heavy atom. The van der Waals surface area contributed by atoms with Crippen LogP contribution in [0.1, 0.15) is 15.9 Å². The predicted octanol–water partition coefficient (Wildman–Crippen LogP) is 3.28. The molecule has 98 valence electrons. The molecule has 0 fully saturated rings. The molecule has 3 nitrogen and oxygen atoms in total. The molecule has 0 spiro atoms. The van der Waals surface area contributed by atoms with Gasteiger partial charge in [0.15, 0.2) is 0 Å². The van der Waals surface area contributed by atoms with Crippen LogP contribution in [0.5, 0.6) is 0 Å². The first-order valence-corrected chi connectivity index (χ1v) is 5.57. The number of anilines is 1. The van der Waals surface area contributed by atoms with E-state index in [-0.39, 0.29) is 17.7 Å². The molecule has 19 heavy (non-hydrogen) atoms. The van der Waals surface area contributed by atoms with Crippen LogP contribution < -0.4 is 5.32 Å². The van der Waals surface area contributed by atoms with Gasteiger partial charge >= 0.3 is 5.97 Å². The summed E-state index contributed by atoms with van der Waals surface area (Å²) in [6, 6.07) is 9.32. The summed E-state index contributed by atoms with van der Waals surface area (Å²) in [5, 5.41) is 11.7. The maximum atomic E-state index is 13.4. The van der Waals surface area contributed by atoms with Crippen molar-refractivity contribution in [2.24, 2.45) is 0 Å². The quantitative estimate of drug-likeness (QED) is 0.890. The lowest BCUT2D eigenvalue weighted by molar-refractivity contribution is 0.0697. The maximum Gasteiger partial charge on any atom is 0.335 e. The standard InChI is InChI=1S/C14H11F2NO2/c15-11-4-5-13(16)10(6-11)8-17-12-3-1-2-9(7-12)14(18)19/h1-7,17H,8H2,(H,18,19). The normalized spacial score (nSPS) is 10.2. The van der Waals surface area contributed by atoms with Crippen LogP contribution in [-0.2, 0) is 6.54 Å². The van der Waals surface area contributed by atoms with E-state index in [1.807, 2.05) is 0 Å². The molecule has 0 amide bonds. The third kappa shape index (κ3) is 3.28. The average molecular weight is 263 g/mol. The van der Waals surface area contributed by atoms with Crippen LogP contribution in [0.2, 0.25) is 0 Å². The molecule has 0 saturated heterocycles. The Morgan fingerprint density at radius 1 is 1.16 bits per heavy atom. The second-order valence-electron chi connectivity index (χ2n) is 3.98. The van der Waals surface area contributed by atoms with Crippen molar-refractivity contribution in [3.05, 3.63) is 65.2 Å². The molecule has 0 aliphatic rings. The second-order valence-corrected chi connectivity index (χ2v) is 3.98. The summed E-state index contributed by atoms with van der Waals surface area (Å²) in [5.41, 5.74) is 0.842. The Morgan fingerprint density at radius 3 is 2.68 bits per heavy atom. The number of rotatable bonds is 4. The van der Waals surface area contributed by atoms with Crippen molar-refractivity contribution in [3.8, 4) is 0 Å². The fourth-order valence-corrected chi connectivity index (χ4v) is 1.64. The highest BCUT2D eigenvalue weighted by molar-refractivity contribution is 5.88. The molecular weight excluding hydrogens is 252 g/mol. The fraction of sp³-hybridized carbons (Fsp3) is 0.0714. The van der Waals surface area contributed by atoms with E-state index in [0.29, 0.717) is 5.69 Å². The number of hydrogen-bond donors (Lipinski definition) is 2. The molecule has 0 bridgehead atoms. The summed E-state index contributed by atoms with van der Waals surface area (Å²) in [4.78, 5) is 10.8. The Hall–Kier alpha value is -2.43. The van der Waals surface area contributed by atoms with Gasteiger partial charge in [-0.2, -0.15) is 0 Å². The fourth-order valence-electron chi connectivity index (χ4n) is 1.64. The zero-order valence-corrected chi connectivity index (χ0v) is 9.86. The van der Waals surface area contributed by atoms with Gasteiger partial charge in [-0.1, -0.05) is 6.07 Å². The van der Waals surface area contributed by atoms with E-state index in [0.717, 1.165) is 18.2 Å². The zero-order chi connectivity index (χ0) is 13.8. The molecule has 0 heterocycles. The monoisotopic (exact) mass is 263 g/mol. The van der Waals surface area contributed by atoms with Gasteiger partial charge in [0.05, 0.1) is 5.56 Å². The van der Waals surface area contributed by atoms with E-state index in [1.54, 1.807) is 12.1 Å². The lowest BCUT2D eigenvalue weighted by atomic mass is 10.1. The topological polar surface area (TPSA) is 49.3 Å². The largest absolute Gasteiger partial charge is 0.478 e. The molecule has 0 unspecified atom stereocenters. The Balaban J connectivity index is 2.12. The lowest BCUT2D eigenvalue weighted by Gasteiger charge is -2.08. The summed E-state index contributed by atoms with van der Waals surface area (Å²) in [5.74, 6) is -2.07. The molecule has 2 rings (SSSR count). The van der Waals surface area contributed by atoms with Gasteiger partial charge in [-0.25, -0.2) is 13.6 Å². The summed E-state index contributed by atoms with van der Waals surface area (Å²) < 4.78 is 26.3. The minimum atomic E-state index is -1.04. The highest BCUT2D eigenvalue weighted by atomic mass is 19.1. The van der Waals surface area contributed by atoms with Crippen molar-refractivity contribution >= 4 is 11.7 Å². The number of carbonyl (C=O) groups is 1. The molecule has 0 aromatic heterocycles. The minimum Gasteiger partial charge on any atom is -0.478 e. The molecular formula is C14H11F2NO2. The molecule has 2 N–H and O–H groups in total. The molecule has 0 aliphatic carbocycles. The Kier molecular flexibility index (Phi) is 3.75. The van der Waals surface area contributed by atoms with E-state index in [9.17, 15) is 13.6 Å². The smallest absolute Gasteiger partial charge is 0.335 e. The molecule has 2 aromatic rings. The third-order valence-corrected chi connectivity index (χ3v) is 2.60. The van der Waals surface area contributed by atoms with Crippen LogP contribution in [0, 0.1) is 11.6 Å². The number of nitrogens with one attached hydrogen (secondary N) is 1. The van der Waals surface area contributed by atoms with Crippen LogP contribution >= 0.6 is 0 Å². The first-order chi connectivity index (χ1) is 9.06. The van der Waals surface area contributed by atoms with Crippen LogP contribution in [0.15, 0.2) is 42.5 Å². The highest BCUT2D eigenvalue weighted by Crippen LogP contribution is 2.14. The van der Waals surface area contributed by atoms with Crippen molar-refractivity contribution in [1.82, 2.24) is 0 Å². The molecule has 0 atom stereocenters. The third-order valence-electron chi connectivity index (χ3n) is 2.60. The predicted molar refractivity (Wildman–Crippen MR) is 67.1 cm³/mol. The lowest BCUT2D eigenvalue weighted by Crippen LogP contribution is -2.04. The van der Waals surface area contributed by atoms with Crippen molar-refractivity contribution in [3.63, 3.8) is 0 Å². The van der Waals surface area contributed by atoms with Crippen molar-refractivity contribution < 1.29 is 18.7 Å². The van der Waals surface area contributed by atoms with Crippen LogP contribution in [0.4, 0.5) is 14.5 Å². The van der Waals surface area contributed by atoms with E-state index in [4.69, 9.17) is 5.11 Å². The highest BCUT2D eigenvalue weighted by Gasteiger charge is 2.05. The van der Waals surface area contributed by atoms with Gasteiger partial charge in [0.1, 0.15) is 11.6 Å². The molecule has 0 radical (unpaired) electrons. The van der Waals surface area contributed by atoms with Gasteiger partial charge < -0.3 is 10.4 Å². The number of carboxylic acid groups (broad SMARTS) is 1. The van der Waals surface area contributed by atoms with Crippen LogP contribution in [0.3, 0.4) is 0 Å². The maximum absolute atomic E-state index is 13.4. The Labute approximate surface area is 108 Å². The summed E-state index contributed by atoms with van der Waals surface area (Å²) in [6.45, 7) is 0.0761. The van der Waals surface area contributed by atoms with E-state index >= 15 is 0 Å². The average Bonchev–Trinajstić information content (AvgIpc) is 2.40. The van der Waals surface area contributed by atoms with Gasteiger partial charge in [-0.3, -0.25) is 0 Å².